The normalized spacial score (nSPS) is 12.2. The second-order valence-corrected chi connectivity index (χ2v) is 5.98. The third-order valence-electron chi connectivity index (χ3n) is 1.22. The molecule has 0 fully saturated rings. The first-order valence-electron chi connectivity index (χ1n) is 4.25. The lowest BCUT2D eigenvalue weighted by Gasteiger charge is -2.17. The second-order valence-electron chi connectivity index (χ2n) is 4.17. The molecule has 0 radical (unpaired) electrons. The highest BCUT2D eigenvalue weighted by atomic mass is 32.2. The molecule has 0 spiro atoms. The van der Waals surface area contributed by atoms with E-state index in [-0.39, 0.29) is 24.3 Å². The Morgan fingerprint density at radius 1 is 1.43 bits per heavy atom. The van der Waals surface area contributed by atoms with Crippen LogP contribution in [0, 0.1) is 5.41 Å². The fourth-order valence-electron chi connectivity index (χ4n) is 0.917. The van der Waals surface area contributed by atoms with Crippen LogP contribution in [0.3, 0.4) is 0 Å². The Labute approximate surface area is 84.4 Å². The molecule has 0 amide bonds. The minimum atomic E-state index is -3.25. The number of nitrogens with zero attached hydrogens (tertiary/aromatic N) is 3. The summed E-state index contributed by atoms with van der Waals surface area (Å²) in [6.45, 7) is 5.83. The molecule has 82 valence electrons. The first-order valence-corrected chi connectivity index (χ1v) is 5.90. The van der Waals surface area contributed by atoms with Crippen LogP contribution < -0.4 is 4.72 Å². The van der Waals surface area contributed by atoms with Crippen molar-refractivity contribution in [3.8, 4) is 0 Å². The smallest absolute Gasteiger partial charge is 0.212 e. The molecule has 7 heteroatoms. The van der Waals surface area contributed by atoms with Crippen molar-refractivity contribution in [1.82, 2.24) is 4.72 Å². The van der Waals surface area contributed by atoms with E-state index in [4.69, 9.17) is 5.53 Å². The van der Waals surface area contributed by atoms with Gasteiger partial charge in [0.1, 0.15) is 0 Å². The summed E-state index contributed by atoms with van der Waals surface area (Å²) in [7, 11) is -3.25. The zero-order valence-electron chi connectivity index (χ0n) is 8.69. The molecule has 0 saturated heterocycles. The summed E-state index contributed by atoms with van der Waals surface area (Å²) < 4.78 is 25.1. The van der Waals surface area contributed by atoms with Crippen molar-refractivity contribution in [2.45, 2.75) is 20.8 Å². The molecule has 0 aliphatic carbocycles. The van der Waals surface area contributed by atoms with E-state index < -0.39 is 10.0 Å². The van der Waals surface area contributed by atoms with Crippen LogP contribution in [0.15, 0.2) is 5.11 Å². The van der Waals surface area contributed by atoms with Crippen molar-refractivity contribution in [3.63, 3.8) is 0 Å². The zero-order chi connectivity index (χ0) is 11.2. The maximum absolute atomic E-state index is 11.4. The van der Waals surface area contributed by atoms with E-state index >= 15 is 0 Å². The number of nitrogens with one attached hydrogen (secondary N) is 1. The highest BCUT2D eigenvalue weighted by molar-refractivity contribution is 7.89. The third-order valence-corrected chi connectivity index (χ3v) is 3.11. The van der Waals surface area contributed by atoms with Gasteiger partial charge in [0.15, 0.2) is 0 Å². The van der Waals surface area contributed by atoms with Gasteiger partial charge in [-0.15, -0.1) is 0 Å². The van der Waals surface area contributed by atoms with Gasteiger partial charge in [0, 0.05) is 18.0 Å². The molecule has 0 aromatic heterocycles. The summed E-state index contributed by atoms with van der Waals surface area (Å²) in [4.78, 5) is 2.52. The molecule has 0 saturated carbocycles. The maximum Gasteiger partial charge on any atom is 0.212 e. The largest absolute Gasteiger partial charge is 0.215 e. The summed E-state index contributed by atoms with van der Waals surface area (Å²) in [6, 6.07) is 0. The SMILES string of the molecule is CC(C)(C)CS(=O)(=O)NCCN=[N+]=[N-]. The molecule has 0 rings (SSSR count). The number of sulfonamides is 1. The van der Waals surface area contributed by atoms with Crippen molar-refractivity contribution in [2.24, 2.45) is 10.5 Å². The van der Waals surface area contributed by atoms with E-state index in [1.54, 1.807) is 0 Å². The minimum absolute atomic E-state index is 0.0657. The average Bonchev–Trinajstić information content (AvgIpc) is 1.93. The van der Waals surface area contributed by atoms with Gasteiger partial charge in [-0.25, -0.2) is 13.1 Å². The molecular formula is C7H16N4O2S. The van der Waals surface area contributed by atoms with E-state index in [0.717, 1.165) is 0 Å². The fourth-order valence-corrected chi connectivity index (χ4v) is 2.56. The van der Waals surface area contributed by atoms with Gasteiger partial charge in [0.2, 0.25) is 10.0 Å². The number of hydrogen-bond acceptors (Lipinski definition) is 3. The van der Waals surface area contributed by atoms with Crippen molar-refractivity contribution >= 4 is 10.0 Å². The third kappa shape index (κ3) is 7.85. The zero-order valence-corrected chi connectivity index (χ0v) is 9.50. The quantitative estimate of drug-likeness (QED) is 0.327. The Bertz CT molecular complexity index is 311. The van der Waals surface area contributed by atoms with E-state index in [9.17, 15) is 8.42 Å². The van der Waals surface area contributed by atoms with Gasteiger partial charge >= 0.3 is 0 Å². The lowest BCUT2D eigenvalue weighted by Crippen LogP contribution is -2.33. The van der Waals surface area contributed by atoms with Crippen LogP contribution in [0.5, 0.6) is 0 Å². The fraction of sp³-hybridized carbons (Fsp3) is 1.00. The summed E-state index contributed by atoms with van der Waals surface area (Å²) in [5, 5.41) is 3.22. The maximum atomic E-state index is 11.4. The van der Waals surface area contributed by atoms with E-state index in [1.165, 1.54) is 0 Å². The first-order chi connectivity index (χ1) is 6.27. The monoisotopic (exact) mass is 220 g/mol. The molecule has 14 heavy (non-hydrogen) atoms. The topological polar surface area (TPSA) is 94.9 Å². The summed E-state index contributed by atoms with van der Waals surface area (Å²) in [5.41, 5.74) is 7.69. The molecule has 0 aliphatic rings. The highest BCUT2D eigenvalue weighted by Crippen LogP contribution is 2.14. The second kappa shape index (κ2) is 5.19. The Kier molecular flexibility index (Phi) is 4.90. The van der Waals surface area contributed by atoms with Crippen molar-refractivity contribution in [1.29, 1.82) is 0 Å². The molecule has 6 nitrogen and oxygen atoms in total. The predicted octanol–water partition coefficient (Wildman–Crippen LogP) is 1.26. The van der Waals surface area contributed by atoms with Gasteiger partial charge < -0.3 is 0 Å². The average molecular weight is 220 g/mol. The van der Waals surface area contributed by atoms with Gasteiger partial charge in [0.05, 0.1) is 5.75 Å². The Hall–Kier alpha value is -0.780. The molecule has 0 aromatic carbocycles. The molecule has 1 N–H and O–H groups in total. The van der Waals surface area contributed by atoms with Gasteiger partial charge in [-0.05, 0) is 10.9 Å². The lowest BCUT2D eigenvalue weighted by molar-refractivity contribution is 0.458. The van der Waals surface area contributed by atoms with Crippen molar-refractivity contribution < 1.29 is 8.42 Å². The van der Waals surface area contributed by atoms with E-state index in [2.05, 4.69) is 14.7 Å². The van der Waals surface area contributed by atoms with E-state index in [1.807, 2.05) is 20.8 Å². The molecular weight excluding hydrogens is 204 g/mol. The minimum Gasteiger partial charge on any atom is -0.215 e. The summed E-state index contributed by atoms with van der Waals surface area (Å²) >= 11 is 0. The van der Waals surface area contributed by atoms with Gasteiger partial charge in [-0.3, -0.25) is 0 Å². The van der Waals surface area contributed by atoms with Crippen molar-refractivity contribution in [2.75, 3.05) is 18.8 Å². The molecule has 0 aromatic rings. The molecule has 0 heterocycles. The van der Waals surface area contributed by atoms with Crippen LogP contribution in [0.25, 0.3) is 10.4 Å². The van der Waals surface area contributed by atoms with E-state index in [0.29, 0.717) is 0 Å². The highest BCUT2D eigenvalue weighted by Gasteiger charge is 2.20. The summed E-state index contributed by atoms with van der Waals surface area (Å²) in [5.74, 6) is 0.0657. The van der Waals surface area contributed by atoms with Crippen LogP contribution in [-0.4, -0.2) is 27.3 Å². The van der Waals surface area contributed by atoms with Crippen LogP contribution >= 0.6 is 0 Å². The van der Waals surface area contributed by atoms with Gasteiger partial charge in [-0.1, -0.05) is 25.9 Å². The van der Waals surface area contributed by atoms with Crippen LogP contribution in [0.4, 0.5) is 0 Å². The van der Waals surface area contributed by atoms with Crippen LogP contribution in [0.1, 0.15) is 20.8 Å². The Balaban J connectivity index is 4.03. The van der Waals surface area contributed by atoms with Crippen LogP contribution in [-0.2, 0) is 10.0 Å². The number of azide groups is 1. The molecule has 0 aliphatic heterocycles. The predicted molar refractivity (Wildman–Crippen MR) is 55.3 cm³/mol. The molecule has 0 atom stereocenters. The Morgan fingerprint density at radius 2 is 2.00 bits per heavy atom. The lowest BCUT2D eigenvalue weighted by atomic mass is 10.0. The van der Waals surface area contributed by atoms with Gasteiger partial charge in [-0.2, -0.15) is 0 Å². The summed E-state index contributed by atoms with van der Waals surface area (Å²) in [6.07, 6.45) is 0. The molecule has 0 bridgehead atoms. The molecule has 0 unspecified atom stereocenters. The first kappa shape index (κ1) is 13.2. The van der Waals surface area contributed by atoms with Crippen molar-refractivity contribution in [3.05, 3.63) is 10.4 Å². The number of rotatable bonds is 5. The van der Waals surface area contributed by atoms with Gasteiger partial charge in [0.25, 0.3) is 0 Å². The standard InChI is InChI=1S/C7H16N4O2S/c1-7(2,3)6-14(12,13)10-5-4-9-11-8/h10H,4-6H2,1-3H3. The van der Waals surface area contributed by atoms with Crippen LogP contribution in [0.2, 0.25) is 0 Å². The Morgan fingerprint density at radius 3 is 2.43 bits per heavy atom. The number of hydrogen-bond donors (Lipinski definition) is 1.